The van der Waals surface area contributed by atoms with Crippen LogP contribution in [0.15, 0.2) is 48.5 Å². The van der Waals surface area contributed by atoms with Gasteiger partial charge in [-0.25, -0.2) is 8.42 Å². The summed E-state index contributed by atoms with van der Waals surface area (Å²) in [5.41, 5.74) is 4.69. The van der Waals surface area contributed by atoms with E-state index >= 15 is 0 Å². The molecule has 6 heteroatoms. The van der Waals surface area contributed by atoms with E-state index < -0.39 is 9.84 Å². The number of rotatable bonds is 5. The average molecular weight is 413 g/mol. The molecule has 1 saturated heterocycles. The molecule has 0 radical (unpaired) electrons. The van der Waals surface area contributed by atoms with Crippen LogP contribution in [-0.2, 0) is 27.6 Å². The van der Waals surface area contributed by atoms with Crippen molar-refractivity contribution in [3.8, 4) is 0 Å². The Labute approximate surface area is 173 Å². The maximum Gasteiger partial charge on any atom is 0.242 e. The minimum atomic E-state index is -3.06. The molecule has 29 heavy (non-hydrogen) atoms. The number of amides is 1. The summed E-state index contributed by atoms with van der Waals surface area (Å²) >= 11 is 0. The van der Waals surface area contributed by atoms with E-state index in [4.69, 9.17) is 0 Å². The third-order valence-corrected chi connectivity index (χ3v) is 7.69. The summed E-state index contributed by atoms with van der Waals surface area (Å²) in [5, 5.41) is 0. The summed E-state index contributed by atoms with van der Waals surface area (Å²) in [6.07, 6.45) is 2.59. The van der Waals surface area contributed by atoms with Gasteiger partial charge in [0, 0.05) is 24.8 Å². The van der Waals surface area contributed by atoms with Crippen LogP contribution >= 0.6 is 0 Å². The number of nitrogens with zero attached hydrogens (tertiary/aromatic N) is 2. The van der Waals surface area contributed by atoms with Crippen molar-refractivity contribution in [1.29, 1.82) is 0 Å². The third-order valence-electron chi connectivity index (χ3n) is 5.94. The van der Waals surface area contributed by atoms with E-state index in [2.05, 4.69) is 30.0 Å². The monoisotopic (exact) mass is 412 g/mol. The average Bonchev–Trinajstić information content (AvgIpc) is 3.06. The zero-order chi connectivity index (χ0) is 20.4. The summed E-state index contributed by atoms with van der Waals surface area (Å²) in [5.74, 6) is 0.244. The number of aryl methyl sites for hydroxylation is 2. The minimum Gasteiger partial charge on any atom is -0.362 e. The van der Waals surface area contributed by atoms with Crippen LogP contribution in [0.1, 0.15) is 29.5 Å². The van der Waals surface area contributed by atoms with Crippen molar-refractivity contribution in [3.63, 3.8) is 0 Å². The number of carbonyl (C=O) groups excluding carboxylic acids is 1. The van der Waals surface area contributed by atoms with Gasteiger partial charge in [-0.15, -0.1) is 0 Å². The van der Waals surface area contributed by atoms with E-state index in [9.17, 15) is 13.2 Å². The highest BCUT2D eigenvalue weighted by atomic mass is 32.2. The van der Waals surface area contributed by atoms with Crippen LogP contribution in [0.25, 0.3) is 0 Å². The number of carbonyl (C=O) groups is 1. The molecule has 0 N–H and O–H groups in total. The Morgan fingerprint density at radius 3 is 2.69 bits per heavy atom. The quantitative estimate of drug-likeness (QED) is 0.758. The Morgan fingerprint density at radius 1 is 1.17 bits per heavy atom. The number of benzene rings is 2. The van der Waals surface area contributed by atoms with Crippen LogP contribution in [0.3, 0.4) is 0 Å². The largest absolute Gasteiger partial charge is 0.362 e. The van der Waals surface area contributed by atoms with Crippen molar-refractivity contribution in [2.45, 2.75) is 38.8 Å². The number of fused-ring (bicyclic) bond motifs is 1. The Balaban J connectivity index is 1.56. The second-order valence-corrected chi connectivity index (χ2v) is 10.5. The van der Waals surface area contributed by atoms with E-state index in [0.717, 1.165) is 30.6 Å². The highest BCUT2D eigenvalue weighted by Crippen LogP contribution is 2.28. The zero-order valence-electron chi connectivity index (χ0n) is 16.9. The normalized spacial score (nSPS) is 20.3. The van der Waals surface area contributed by atoms with Gasteiger partial charge in [-0.3, -0.25) is 4.79 Å². The molecule has 1 fully saturated rings. The molecule has 2 heterocycles. The first-order chi connectivity index (χ1) is 13.9. The lowest BCUT2D eigenvalue weighted by Gasteiger charge is -2.35. The highest BCUT2D eigenvalue weighted by Gasteiger charge is 2.35. The van der Waals surface area contributed by atoms with Crippen LogP contribution in [-0.4, -0.2) is 49.9 Å². The number of sulfone groups is 1. The van der Waals surface area contributed by atoms with Crippen molar-refractivity contribution in [3.05, 3.63) is 65.2 Å². The first kappa shape index (κ1) is 20.0. The fraction of sp³-hybridized carbons (Fsp3) is 0.435. The summed E-state index contributed by atoms with van der Waals surface area (Å²) in [4.78, 5) is 17.3. The number of anilines is 1. The maximum atomic E-state index is 13.4. The molecular weight excluding hydrogens is 384 g/mol. The summed E-state index contributed by atoms with van der Waals surface area (Å²) in [7, 11) is -3.06. The molecule has 0 saturated carbocycles. The molecule has 0 aromatic heterocycles. The molecule has 5 nitrogen and oxygen atoms in total. The number of hydrogen-bond donors (Lipinski definition) is 0. The van der Waals surface area contributed by atoms with Gasteiger partial charge in [0.1, 0.15) is 0 Å². The van der Waals surface area contributed by atoms with E-state index in [1.807, 2.05) is 30.3 Å². The van der Waals surface area contributed by atoms with Gasteiger partial charge in [0.05, 0.1) is 18.1 Å². The Kier molecular flexibility index (Phi) is 5.63. The molecule has 4 rings (SSSR count). The van der Waals surface area contributed by atoms with Gasteiger partial charge in [-0.2, -0.15) is 0 Å². The van der Waals surface area contributed by atoms with Gasteiger partial charge in [-0.1, -0.05) is 48.0 Å². The third kappa shape index (κ3) is 4.64. The minimum absolute atomic E-state index is 0.00405. The molecule has 0 spiro atoms. The Hall–Kier alpha value is -2.34. The van der Waals surface area contributed by atoms with Gasteiger partial charge in [-0.05, 0) is 43.4 Å². The summed E-state index contributed by atoms with van der Waals surface area (Å²) in [6.45, 7) is 3.68. The molecule has 2 aromatic rings. The van der Waals surface area contributed by atoms with E-state index in [0.29, 0.717) is 19.5 Å². The van der Waals surface area contributed by atoms with Gasteiger partial charge in [0.25, 0.3) is 0 Å². The van der Waals surface area contributed by atoms with E-state index in [1.54, 1.807) is 4.90 Å². The van der Waals surface area contributed by atoms with Gasteiger partial charge in [0.2, 0.25) is 5.91 Å². The van der Waals surface area contributed by atoms with Crippen LogP contribution in [0.2, 0.25) is 0 Å². The first-order valence-corrected chi connectivity index (χ1v) is 12.1. The Bertz CT molecular complexity index is 988. The first-order valence-electron chi connectivity index (χ1n) is 10.3. The van der Waals surface area contributed by atoms with Crippen molar-refractivity contribution in [1.82, 2.24) is 4.90 Å². The van der Waals surface area contributed by atoms with Crippen molar-refractivity contribution >= 4 is 21.4 Å². The molecule has 2 aromatic carbocycles. The maximum absolute atomic E-state index is 13.4. The smallest absolute Gasteiger partial charge is 0.242 e. The molecule has 154 valence electrons. The van der Waals surface area contributed by atoms with Crippen LogP contribution < -0.4 is 4.90 Å². The summed E-state index contributed by atoms with van der Waals surface area (Å²) in [6, 6.07) is 16.0. The molecule has 0 bridgehead atoms. The fourth-order valence-corrected chi connectivity index (χ4v) is 6.18. The molecule has 1 atom stereocenters. The second kappa shape index (κ2) is 8.19. The van der Waals surface area contributed by atoms with Gasteiger partial charge in [0.15, 0.2) is 9.84 Å². The summed E-state index contributed by atoms with van der Waals surface area (Å²) < 4.78 is 24.1. The SMILES string of the molecule is Cc1ccc2c(c1)CCCN2CC(=O)N(Cc1ccccc1)C1CCS(=O)(=O)C1. The van der Waals surface area contributed by atoms with E-state index in [1.165, 1.54) is 11.1 Å². The zero-order valence-corrected chi connectivity index (χ0v) is 17.7. The molecular formula is C23H28N2O3S. The second-order valence-electron chi connectivity index (χ2n) is 8.22. The fourth-order valence-electron chi connectivity index (χ4n) is 4.44. The van der Waals surface area contributed by atoms with Crippen molar-refractivity contribution < 1.29 is 13.2 Å². The Morgan fingerprint density at radius 2 is 1.97 bits per heavy atom. The molecule has 2 aliphatic heterocycles. The molecule has 1 amide bonds. The van der Waals surface area contributed by atoms with E-state index in [-0.39, 0.29) is 23.5 Å². The predicted octanol–water partition coefficient (Wildman–Crippen LogP) is 2.96. The van der Waals surface area contributed by atoms with Gasteiger partial charge >= 0.3 is 0 Å². The number of hydrogen-bond acceptors (Lipinski definition) is 4. The lowest BCUT2D eigenvalue weighted by atomic mass is 9.99. The van der Waals surface area contributed by atoms with Crippen LogP contribution in [0.4, 0.5) is 5.69 Å². The predicted molar refractivity (Wildman–Crippen MR) is 116 cm³/mol. The van der Waals surface area contributed by atoms with Crippen molar-refractivity contribution in [2.24, 2.45) is 0 Å². The highest BCUT2D eigenvalue weighted by molar-refractivity contribution is 7.91. The molecule has 2 aliphatic rings. The van der Waals surface area contributed by atoms with Crippen LogP contribution in [0.5, 0.6) is 0 Å². The van der Waals surface area contributed by atoms with Gasteiger partial charge < -0.3 is 9.80 Å². The lowest BCUT2D eigenvalue weighted by Crippen LogP contribution is -2.47. The molecule has 1 unspecified atom stereocenters. The lowest BCUT2D eigenvalue weighted by molar-refractivity contribution is -0.132. The van der Waals surface area contributed by atoms with Crippen LogP contribution in [0, 0.1) is 6.92 Å². The standard InChI is InChI=1S/C23H28N2O3S/c1-18-9-10-22-20(14-18)8-5-12-24(22)16-23(26)25(15-19-6-3-2-4-7-19)21-11-13-29(27,28)17-21/h2-4,6-7,9-10,14,21H,5,8,11-13,15-17H2,1H3. The molecule has 0 aliphatic carbocycles. The topological polar surface area (TPSA) is 57.7 Å². The van der Waals surface area contributed by atoms with Crippen molar-refractivity contribution in [2.75, 3.05) is 29.5 Å².